The van der Waals surface area contributed by atoms with Crippen molar-refractivity contribution >= 4 is 29.3 Å². The Hall–Kier alpha value is -4.44. The number of carbonyl (C=O) groups excluding carboxylic acids is 4. The molecule has 4 amide bonds. The van der Waals surface area contributed by atoms with Crippen molar-refractivity contribution in [2.75, 3.05) is 44.2 Å². The van der Waals surface area contributed by atoms with Crippen LogP contribution < -0.4 is 15.0 Å². The number of hydrogen-bond donors (Lipinski definition) is 1. The van der Waals surface area contributed by atoms with Crippen molar-refractivity contribution in [2.45, 2.75) is 18.9 Å². The Morgan fingerprint density at radius 3 is 2.36 bits per heavy atom. The molecule has 10 nitrogen and oxygen atoms in total. The fraction of sp³-hybridized carbons (Fsp3) is 0.310. The number of hydrogen-bond acceptors (Lipinski definition) is 7. The molecular weight excluding hydrogens is 498 g/mol. The Balaban J connectivity index is 1.03. The van der Waals surface area contributed by atoms with Gasteiger partial charge in [-0.15, -0.1) is 0 Å². The third-order valence-corrected chi connectivity index (χ3v) is 7.56. The van der Waals surface area contributed by atoms with E-state index in [1.165, 1.54) is 0 Å². The van der Waals surface area contributed by atoms with Crippen LogP contribution >= 0.6 is 0 Å². The molecule has 0 aliphatic carbocycles. The van der Waals surface area contributed by atoms with E-state index in [2.05, 4.69) is 15.1 Å². The highest BCUT2D eigenvalue weighted by Crippen LogP contribution is 2.31. The summed E-state index contributed by atoms with van der Waals surface area (Å²) in [7, 11) is 0. The number of anilines is 1. The van der Waals surface area contributed by atoms with Gasteiger partial charge in [0.2, 0.25) is 11.8 Å². The minimum absolute atomic E-state index is 0.102. The number of carbonyl (C=O) groups is 4. The fourth-order valence-corrected chi connectivity index (χ4v) is 5.42. The van der Waals surface area contributed by atoms with Gasteiger partial charge in [0.15, 0.2) is 0 Å². The minimum Gasteiger partial charge on any atom is -0.492 e. The first-order valence-electron chi connectivity index (χ1n) is 13.2. The molecule has 39 heavy (non-hydrogen) atoms. The summed E-state index contributed by atoms with van der Waals surface area (Å²) in [4.78, 5) is 55.4. The van der Waals surface area contributed by atoms with E-state index in [0.29, 0.717) is 17.7 Å². The topological polar surface area (TPSA) is 104 Å². The van der Waals surface area contributed by atoms with Crippen molar-refractivity contribution in [3.8, 4) is 11.4 Å². The molecule has 0 saturated carbocycles. The van der Waals surface area contributed by atoms with Gasteiger partial charge < -0.3 is 14.2 Å². The largest absolute Gasteiger partial charge is 0.492 e. The monoisotopic (exact) mass is 527 g/mol. The van der Waals surface area contributed by atoms with Crippen molar-refractivity contribution in [3.05, 3.63) is 78.1 Å². The fourth-order valence-electron chi connectivity index (χ4n) is 5.42. The third-order valence-electron chi connectivity index (χ3n) is 7.56. The van der Waals surface area contributed by atoms with Crippen LogP contribution in [0.15, 0.2) is 67.0 Å². The molecule has 1 aromatic heterocycles. The molecule has 3 aliphatic rings. The number of piperazine rings is 1. The maximum absolute atomic E-state index is 13.1. The molecule has 0 spiro atoms. The normalized spacial score (nSPS) is 19.8. The Morgan fingerprint density at radius 1 is 0.821 bits per heavy atom. The second-order valence-corrected chi connectivity index (χ2v) is 9.94. The van der Waals surface area contributed by atoms with Gasteiger partial charge in [0.05, 0.1) is 11.1 Å². The van der Waals surface area contributed by atoms with Gasteiger partial charge in [-0.3, -0.25) is 34.3 Å². The van der Waals surface area contributed by atoms with Crippen LogP contribution in [-0.2, 0) is 9.59 Å². The SMILES string of the molecule is O=C1CCC(N2C(=O)c3ccc(N4CCN(CCOc5cccc(-n6cccc6)c5)CC4)cc3C2=O)C(=O)N1. The van der Waals surface area contributed by atoms with Crippen LogP contribution in [0, 0.1) is 0 Å². The number of amides is 4. The average molecular weight is 528 g/mol. The number of fused-ring (bicyclic) bond motifs is 1. The number of rotatable bonds is 7. The summed E-state index contributed by atoms with van der Waals surface area (Å²) in [6, 6.07) is 16.3. The van der Waals surface area contributed by atoms with E-state index in [1.54, 1.807) is 12.1 Å². The molecule has 2 saturated heterocycles. The van der Waals surface area contributed by atoms with Gasteiger partial charge in [-0.2, -0.15) is 0 Å². The van der Waals surface area contributed by atoms with Gasteiger partial charge in [0.1, 0.15) is 18.4 Å². The van der Waals surface area contributed by atoms with E-state index in [9.17, 15) is 19.2 Å². The molecule has 1 N–H and O–H groups in total. The summed E-state index contributed by atoms with van der Waals surface area (Å²) in [5.41, 5.74) is 2.53. The Bertz CT molecular complexity index is 1430. The van der Waals surface area contributed by atoms with Crippen molar-refractivity contribution in [3.63, 3.8) is 0 Å². The van der Waals surface area contributed by atoms with Crippen molar-refractivity contribution in [2.24, 2.45) is 0 Å². The molecule has 10 heteroatoms. The third kappa shape index (κ3) is 4.90. The predicted molar refractivity (Wildman–Crippen MR) is 143 cm³/mol. The van der Waals surface area contributed by atoms with Crippen molar-refractivity contribution in [1.29, 1.82) is 0 Å². The molecule has 4 heterocycles. The molecule has 1 atom stereocenters. The molecule has 2 fully saturated rings. The van der Waals surface area contributed by atoms with Gasteiger partial charge >= 0.3 is 0 Å². The van der Waals surface area contributed by atoms with Crippen LogP contribution in [-0.4, -0.2) is 83.4 Å². The molecular formula is C29H29N5O5. The van der Waals surface area contributed by atoms with Crippen LogP contribution in [0.1, 0.15) is 33.6 Å². The van der Waals surface area contributed by atoms with E-state index in [4.69, 9.17) is 4.74 Å². The van der Waals surface area contributed by atoms with E-state index in [-0.39, 0.29) is 18.7 Å². The lowest BCUT2D eigenvalue weighted by Gasteiger charge is -2.36. The van der Waals surface area contributed by atoms with E-state index < -0.39 is 23.8 Å². The number of ether oxygens (including phenoxy) is 1. The van der Waals surface area contributed by atoms with Crippen LogP contribution in [0.25, 0.3) is 5.69 Å². The maximum Gasteiger partial charge on any atom is 0.262 e. The first kappa shape index (κ1) is 24.9. The van der Waals surface area contributed by atoms with Gasteiger partial charge in [-0.25, -0.2) is 0 Å². The van der Waals surface area contributed by atoms with Crippen LogP contribution in [0.5, 0.6) is 5.75 Å². The molecule has 6 rings (SSSR count). The second-order valence-electron chi connectivity index (χ2n) is 9.94. The standard InChI is InChI=1S/C29H29N5O5/c35-26-9-8-25(27(36)30-26)34-28(37)23-7-6-21(19-24(23)29(34)38)33-14-12-31(13-15-33)16-17-39-22-5-3-4-20(18-22)32-10-1-2-11-32/h1-7,10-11,18-19,25H,8-9,12-17H2,(H,30,35,36). The van der Waals surface area contributed by atoms with Crippen LogP contribution in [0.4, 0.5) is 5.69 Å². The summed E-state index contributed by atoms with van der Waals surface area (Å²) in [5, 5.41) is 2.23. The quantitative estimate of drug-likeness (QED) is 0.469. The molecule has 2 aromatic carbocycles. The zero-order chi connectivity index (χ0) is 26.9. The smallest absolute Gasteiger partial charge is 0.262 e. The number of benzene rings is 2. The summed E-state index contributed by atoms with van der Waals surface area (Å²) in [6.07, 6.45) is 4.25. The number of imide groups is 2. The number of nitrogens with zero attached hydrogens (tertiary/aromatic N) is 4. The minimum atomic E-state index is -0.958. The number of aromatic nitrogens is 1. The van der Waals surface area contributed by atoms with E-state index >= 15 is 0 Å². The van der Waals surface area contributed by atoms with Gasteiger partial charge in [0, 0.05) is 69.0 Å². The summed E-state index contributed by atoms with van der Waals surface area (Å²) in [5.74, 6) is -1.12. The average Bonchev–Trinajstić information content (AvgIpc) is 3.57. The van der Waals surface area contributed by atoms with E-state index in [0.717, 1.165) is 54.7 Å². The van der Waals surface area contributed by atoms with Gasteiger partial charge in [-0.05, 0) is 48.9 Å². The van der Waals surface area contributed by atoms with Crippen molar-refractivity contribution in [1.82, 2.24) is 19.7 Å². The highest BCUT2D eigenvalue weighted by molar-refractivity contribution is 6.23. The first-order valence-corrected chi connectivity index (χ1v) is 13.2. The summed E-state index contributed by atoms with van der Waals surface area (Å²) in [6.45, 7) is 4.64. The first-order chi connectivity index (χ1) is 19.0. The highest BCUT2D eigenvalue weighted by Gasteiger charge is 2.44. The second kappa shape index (κ2) is 10.4. The summed E-state index contributed by atoms with van der Waals surface area (Å²) >= 11 is 0. The molecule has 3 aliphatic heterocycles. The molecule has 0 radical (unpaired) electrons. The molecule has 200 valence electrons. The van der Waals surface area contributed by atoms with Crippen LogP contribution in [0.3, 0.4) is 0 Å². The van der Waals surface area contributed by atoms with Gasteiger partial charge in [0.25, 0.3) is 11.8 Å². The molecule has 1 unspecified atom stereocenters. The predicted octanol–water partition coefficient (Wildman–Crippen LogP) is 2.08. The van der Waals surface area contributed by atoms with E-state index in [1.807, 2.05) is 59.4 Å². The highest BCUT2D eigenvalue weighted by atomic mass is 16.5. The molecule has 0 bridgehead atoms. The number of piperidine rings is 1. The Kier molecular flexibility index (Phi) is 6.62. The Labute approximate surface area is 225 Å². The van der Waals surface area contributed by atoms with Crippen molar-refractivity contribution < 1.29 is 23.9 Å². The lowest BCUT2D eigenvalue weighted by atomic mass is 10.0. The Morgan fingerprint density at radius 2 is 1.59 bits per heavy atom. The lowest BCUT2D eigenvalue weighted by Crippen LogP contribution is -2.54. The maximum atomic E-state index is 13.1. The molecule has 3 aromatic rings. The van der Waals surface area contributed by atoms with Crippen LogP contribution in [0.2, 0.25) is 0 Å². The lowest BCUT2D eigenvalue weighted by molar-refractivity contribution is -0.136. The number of nitrogens with one attached hydrogen (secondary N) is 1. The zero-order valence-electron chi connectivity index (χ0n) is 21.4. The summed E-state index contributed by atoms with van der Waals surface area (Å²) < 4.78 is 8.06. The zero-order valence-corrected chi connectivity index (χ0v) is 21.4. The van der Waals surface area contributed by atoms with Gasteiger partial charge in [-0.1, -0.05) is 6.07 Å².